The number of aromatic nitrogens is 7. The second-order valence-corrected chi connectivity index (χ2v) is 6.16. The smallest absolute Gasteiger partial charge is 0.323 e. The molecule has 3 aromatic heterocycles. The molecule has 0 unspecified atom stereocenters. The predicted octanol–water partition coefficient (Wildman–Crippen LogP) is -0.347. The molecule has 1 N–H and O–H groups in total. The highest BCUT2D eigenvalue weighted by molar-refractivity contribution is 5.93. The Hall–Kier alpha value is -4.02. The van der Waals surface area contributed by atoms with E-state index in [9.17, 15) is 14.4 Å². The van der Waals surface area contributed by atoms with Crippen LogP contribution in [0.5, 0.6) is 0 Å². The van der Waals surface area contributed by atoms with Crippen LogP contribution in [0.25, 0.3) is 16.9 Å². The Bertz CT molecular complexity index is 1300. The highest BCUT2D eigenvalue weighted by atomic mass is 16.2. The Morgan fingerprint density at radius 2 is 1.89 bits per heavy atom. The highest BCUT2D eigenvalue weighted by Gasteiger charge is 2.16. The molecule has 0 bridgehead atoms. The van der Waals surface area contributed by atoms with Gasteiger partial charge in [-0.05, 0) is 12.1 Å². The Balaban J connectivity index is 1.66. The maximum Gasteiger partial charge on any atom is 0.332 e. The summed E-state index contributed by atoms with van der Waals surface area (Å²) in [7, 11) is 2.91. The summed E-state index contributed by atoms with van der Waals surface area (Å²) in [6.45, 7) is -0.143. The number of nitrogens with one attached hydrogen (secondary N) is 1. The first kappa shape index (κ1) is 17.4. The van der Waals surface area contributed by atoms with E-state index in [4.69, 9.17) is 0 Å². The van der Waals surface area contributed by atoms with Gasteiger partial charge in [0, 0.05) is 14.1 Å². The van der Waals surface area contributed by atoms with Crippen molar-refractivity contribution < 1.29 is 4.79 Å². The summed E-state index contributed by atoms with van der Waals surface area (Å²) in [6.07, 6.45) is 4.29. The van der Waals surface area contributed by atoms with Crippen molar-refractivity contribution in [2.45, 2.75) is 6.54 Å². The number of fused-ring (bicyclic) bond motifs is 1. The van der Waals surface area contributed by atoms with Gasteiger partial charge in [-0.25, -0.2) is 19.4 Å². The first-order valence-corrected chi connectivity index (χ1v) is 8.32. The number of rotatable bonds is 4. The molecule has 0 fully saturated rings. The molecule has 3 heterocycles. The van der Waals surface area contributed by atoms with Crippen LogP contribution in [0.3, 0.4) is 0 Å². The van der Waals surface area contributed by atoms with Crippen molar-refractivity contribution in [1.82, 2.24) is 33.4 Å². The number of aryl methyl sites for hydroxylation is 1. The molecule has 11 heteroatoms. The first-order chi connectivity index (χ1) is 13.5. The number of imidazole rings is 1. The molecule has 142 valence electrons. The lowest BCUT2D eigenvalue weighted by Gasteiger charge is -2.11. The zero-order valence-corrected chi connectivity index (χ0v) is 15.1. The fourth-order valence-corrected chi connectivity index (χ4v) is 2.97. The molecule has 4 rings (SSSR count). The Morgan fingerprint density at radius 1 is 1.11 bits per heavy atom. The van der Waals surface area contributed by atoms with Crippen LogP contribution in [-0.4, -0.2) is 39.4 Å². The minimum Gasteiger partial charge on any atom is -0.323 e. The van der Waals surface area contributed by atoms with Gasteiger partial charge in [-0.3, -0.25) is 18.7 Å². The monoisotopic (exact) mass is 380 g/mol. The summed E-state index contributed by atoms with van der Waals surface area (Å²) in [5.41, 5.74) is 0.624. The van der Waals surface area contributed by atoms with Gasteiger partial charge in [0.2, 0.25) is 5.91 Å². The Labute approximate surface area is 157 Å². The van der Waals surface area contributed by atoms with Crippen LogP contribution in [-0.2, 0) is 25.4 Å². The summed E-state index contributed by atoms with van der Waals surface area (Å²) < 4.78 is 5.21. The van der Waals surface area contributed by atoms with Crippen LogP contribution in [0, 0.1) is 0 Å². The summed E-state index contributed by atoms with van der Waals surface area (Å²) in [6, 6.07) is 7.14. The Kier molecular flexibility index (Phi) is 4.11. The molecule has 0 saturated heterocycles. The van der Waals surface area contributed by atoms with Gasteiger partial charge in [0.15, 0.2) is 11.2 Å². The summed E-state index contributed by atoms with van der Waals surface area (Å²) >= 11 is 0. The van der Waals surface area contributed by atoms with E-state index in [0.29, 0.717) is 11.4 Å². The molecule has 0 aliphatic carbocycles. The van der Waals surface area contributed by atoms with Crippen molar-refractivity contribution >= 4 is 22.8 Å². The first-order valence-electron chi connectivity index (χ1n) is 8.32. The van der Waals surface area contributed by atoms with Crippen LogP contribution >= 0.6 is 0 Å². The van der Waals surface area contributed by atoms with Crippen LogP contribution in [0.1, 0.15) is 0 Å². The lowest BCUT2D eigenvalue weighted by atomic mass is 10.2. The third-order valence-electron chi connectivity index (χ3n) is 4.37. The van der Waals surface area contributed by atoms with Gasteiger partial charge in [-0.15, -0.1) is 0 Å². The standard InChI is InChI=1S/C17H16N8O3/c1-22-15-14(16(27)23(2)17(22)28)24(10-19-15)7-13(26)21-11-5-3-4-6-12(11)25-9-18-8-20-25/h3-6,8-10H,7H2,1-2H3,(H,21,26). The molecule has 1 amide bonds. The van der Waals surface area contributed by atoms with Crippen molar-refractivity contribution in [3.8, 4) is 5.69 Å². The lowest BCUT2D eigenvalue weighted by molar-refractivity contribution is -0.116. The van der Waals surface area contributed by atoms with Gasteiger partial charge in [0.1, 0.15) is 19.2 Å². The molecule has 0 aliphatic rings. The zero-order valence-electron chi connectivity index (χ0n) is 15.1. The molecule has 11 nitrogen and oxygen atoms in total. The van der Waals surface area contributed by atoms with E-state index in [1.165, 1.54) is 46.9 Å². The van der Waals surface area contributed by atoms with E-state index in [1.807, 2.05) is 6.07 Å². The quantitative estimate of drug-likeness (QED) is 0.517. The number of hydrogen-bond acceptors (Lipinski definition) is 6. The van der Waals surface area contributed by atoms with Crippen molar-refractivity contribution in [1.29, 1.82) is 0 Å². The number of amides is 1. The molecule has 0 saturated carbocycles. The molecule has 0 spiro atoms. The van der Waals surface area contributed by atoms with Crippen molar-refractivity contribution in [3.05, 3.63) is 64.1 Å². The van der Waals surface area contributed by atoms with Gasteiger partial charge in [-0.1, -0.05) is 12.1 Å². The second kappa shape index (κ2) is 6.61. The topological polar surface area (TPSA) is 122 Å². The normalized spacial score (nSPS) is 11.1. The van der Waals surface area contributed by atoms with Crippen LogP contribution < -0.4 is 16.6 Å². The van der Waals surface area contributed by atoms with Crippen molar-refractivity contribution in [2.24, 2.45) is 14.1 Å². The number of hydrogen-bond donors (Lipinski definition) is 1. The third kappa shape index (κ3) is 2.78. The number of nitrogens with zero attached hydrogens (tertiary/aromatic N) is 7. The van der Waals surface area contributed by atoms with E-state index in [0.717, 1.165) is 4.57 Å². The second-order valence-electron chi connectivity index (χ2n) is 6.16. The predicted molar refractivity (Wildman–Crippen MR) is 100 cm³/mol. The van der Waals surface area contributed by atoms with E-state index in [-0.39, 0.29) is 23.6 Å². The summed E-state index contributed by atoms with van der Waals surface area (Å²) in [5.74, 6) is -0.359. The fourth-order valence-electron chi connectivity index (χ4n) is 2.97. The van der Waals surface area contributed by atoms with E-state index in [1.54, 1.807) is 18.2 Å². The van der Waals surface area contributed by atoms with E-state index >= 15 is 0 Å². The van der Waals surface area contributed by atoms with Gasteiger partial charge in [0.05, 0.1) is 17.7 Å². The summed E-state index contributed by atoms with van der Waals surface area (Å²) in [5, 5.41) is 6.88. The average Bonchev–Trinajstić information content (AvgIpc) is 3.35. The fraction of sp³-hybridized carbons (Fsp3) is 0.176. The van der Waals surface area contributed by atoms with Crippen LogP contribution in [0.15, 0.2) is 52.8 Å². The average molecular weight is 380 g/mol. The lowest BCUT2D eigenvalue weighted by Crippen LogP contribution is -2.37. The SMILES string of the molecule is Cn1c(=O)c2c(ncn2CC(=O)Nc2ccccc2-n2cncn2)n(C)c1=O. The van der Waals surface area contributed by atoms with Crippen LogP contribution in [0.4, 0.5) is 5.69 Å². The molecular weight excluding hydrogens is 364 g/mol. The highest BCUT2D eigenvalue weighted by Crippen LogP contribution is 2.18. The number of para-hydroxylation sites is 2. The van der Waals surface area contributed by atoms with Gasteiger partial charge in [-0.2, -0.15) is 5.10 Å². The molecule has 0 radical (unpaired) electrons. The summed E-state index contributed by atoms with van der Waals surface area (Å²) in [4.78, 5) is 45.1. The minimum atomic E-state index is -0.508. The molecule has 0 aliphatic heterocycles. The van der Waals surface area contributed by atoms with Gasteiger partial charge < -0.3 is 9.88 Å². The molecule has 0 atom stereocenters. The van der Waals surface area contributed by atoms with E-state index < -0.39 is 11.2 Å². The molecule has 28 heavy (non-hydrogen) atoms. The van der Waals surface area contributed by atoms with Gasteiger partial charge >= 0.3 is 5.69 Å². The van der Waals surface area contributed by atoms with Crippen molar-refractivity contribution in [3.63, 3.8) is 0 Å². The number of anilines is 1. The number of carbonyl (C=O) groups is 1. The van der Waals surface area contributed by atoms with Gasteiger partial charge in [0.25, 0.3) is 5.56 Å². The maximum atomic E-state index is 12.6. The number of benzene rings is 1. The van der Waals surface area contributed by atoms with E-state index in [2.05, 4.69) is 20.4 Å². The molecule has 4 aromatic rings. The Morgan fingerprint density at radius 3 is 2.64 bits per heavy atom. The third-order valence-corrected chi connectivity index (χ3v) is 4.37. The van der Waals surface area contributed by atoms with Crippen LogP contribution in [0.2, 0.25) is 0 Å². The molecular formula is C17H16N8O3. The molecule has 1 aromatic carbocycles. The maximum absolute atomic E-state index is 12.6. The minimum absolute atomic E-state index is 0.143. The zero-order chi connectivity index (χ0) is 19.8. The van der Waals surface area contributed by atoms with Crippen molar-refractivity contribution in [2.75, 3.05) is 5.32 Å². The largest absolute Gasteiger partial charge is 0.332 e. The number of carbonyl (C=O) groups excluding carboxylic acids is 1.